The second-order valence-corrected chi connectivity index (χ2v) is 8.53. The molecule has 1 aliphatic heterocycles. The molecule has 0 radical (unpaired) electrons. The van der Waals surface area contributed by atoms with Crippen LogP contribution in [0.2, 0.25) is 0 Å². The van der Waals surface area contributed by atoms with Crippen LogP contribution in [0.1, 0.15) is 21.6 Å². The lowest BCUT2D eigenvalue weighted by atomic mass is 9.92. The second kappa shape index (κ2) is 8.79. The molecular weight excluding hydrogens is 430 g/mol. The number of phenols is 1. The number of anilines is 1. The summed E-state index contributed by atoms with van der Waals surface area (Å²) in [5.74, 6) is -0.291. The zero-order chi connectivity index (χ0) is 23.8. The molecule has 0 amide bonds. The number of carbonyl (C=O) groups is 1. The molecule has 8 heteroatoms. The summed E-state index contributed by atoms with van der Waals surface area (Å²) < 4.78 is 5.22. The first-order chi connectivity index (χ1) is 16.5. The Hall–Kier alpha value is -3.91. The molecule has 34 heavy (non-hydrogen) atoms. The fraction of sp³-hybridized carbons (Fsp3) is 0.269. The van der Waals surface area contributed by atoms with Crippen LogP contribution in [-0.4, -0.2) is 59.5 Å². The Morgan fingerprint density at radius 3 is 2.44 bits per heavy atom. The zero-order valence-electron chi connectivity index (χ0n) is 19.5. The number of benzene rings is 2. The predicted molar refractivity (Wildman–Crippen MR) is 132 cm³/mol. The molecule has 1 fully saturated rings. The summed E-state index contributed by atoms with van der Waals surface area (Å²) in [6.45, 7) is 7.56. The smallest absolute Gasteiger partial charge is 0.340 e. The lowest BCUT2D eigenvalue weighted by Crippen LogP contribution is -2.43. The van der Waals surface area contributed by atoms with Gasteiger partial charge >= 0.3 is 5.97 Å². The number of aryl methyl sites for hydroxylation is 2. The first-order valence-corrected chi connectivity index (χ1v) is 11.3. The van der Waals surface area contributed by atoms with Crippen LogP contribution < -0.4 is 10.2 Å². The summed E-state index contributed by atoms with van der Waals surface area (Å²) in [6, 6.07) is 13.4. The largest absolute Gasteiger partial charge is 0.508 e. The van der Waals surface area contributed by atoms with E-state index >= 15 is 0 Å². The molecule has 0 aliphatic carbocycles. The first-order valence-electron chi connectivity index (χ1n) is 11.3. The molecule has 1 saturated heterocycles. The highest BCUT2D eigenvalue weighted by Crippen LogP contribution is 2.39. The van der Waals surface area contributed by atoms with E-state index in [4.69, 9.17) is 9.72 Å². The van der Waals surface area contributed by atoms with E-state index in [0.29, 0.717) is 28.0 Å². The number of pyridine rings is 1. The van der Waals surface area contributed by atoms with E-state index < -0.39 is 5.97 Å². The molecule has 0 atom stereocenters. The van der Waals surface area contributed by atoms with Crippen LogP contribution in [0.4, 0.5) is 5.69 Å². The maximum Gasteiger partial charge on any atom is 0.340 e. The molecular formula is C26H27N5O3. The number of hydrogen-bond donors (Lipinski definition) is 3. The van der Waals surface area contributed by atoms with Crippen LogP contribution in [0.15, 0.2) is 42.5 Å². The minimum absolute atomic E-state index is 0.184. The third-order valence-corrected chi connectivity index (χ3v) is 6.38. The number of ether oxygens (including phenoxy) is 1. The standard InChI is InChI=1S/C26H27N5O3/c1-15-14-18(6-9-20(15)32)24-23(26(33)34-3)22(21-16(2)29-30-25(21)28-24)17-4-7-19(8-5-17)31-12-10-27-11-13-31/h4-9,14,27,32H,10-13H2,1-3H3,(H,28,29,30). The van der Waals surface area contributed by atoms with Crippen molar-refractivity contribution in [2.24, 2.45) is 0 Å². The number of esters is 1. The van der Waals surface area contributed by atoms with Crippen molar-refractivity contribution in [3.05, 3.63) is 59.3 Å². The molecule has 5 rings (SSSR count). The third kappa shape index (κ3) is 3.76. The molecule has 0 saturated carbocycles. The van der Waals surface area contributed by atoms with Gasteiger partial charge in [0.25, 0.3) is 0 Å². The van der Waals surface area contributed by atoms with Gasteiger partial charge in [-0.3, -0.25) is 5.10 Å². The Morgan fingerprint density at radius 2 is 1.76 bits per heavy atom. The molecule has 8 nitrogen and oxygen atoms in total. The van der Waals surface area contributed by atoms with Gasteiger partial charge in [0.1, 0.15) is 5.75 Å². The number of piperazine rings is 1. The highest BCUT2D eigenvalue weighted by atomic mass is 16.5. The monoisotopic (exact) mass is 457 g/mol. The SMILES string of the molecule is COC(=O)c1c(-c2ccc(O)c(C)c2)nc2n[nH]c(C)c2c1-c1ccc(N2CCNCC2)cc1. The number of hydrogen-bond acceptors (Lipinski definition) is 7. The Kier molecular flexibility index (Phi) is 5.67. The highest BCUT2D eigenvalue weighted by molar-refractivity contribution is 6.11. The van der Waals surface area contributed by atoms with Crippen LogP contribution in [0.25, 0.3) is 33.4 Å². The summed E-state index contributed by atoms with van der Waals surface area (Å²) in [6.07, 6.45) is 0. The quantitative estimate of drug-likeness (QED) is 0.401. The van der Waals surface area contributed by atoms with E-state index in [2.05, 4.69) is 32.5 Å². The van der Waals surface area contributed by atoms with Crippen LogP contribution in [0, 0.1) is 13.8 Å². The van der Waals surface area contributed by atoms with E-state index in [1.165, 1.54) is 7.11 Å². The maximum absolute atomic E-state index is 13.2. The molecule has 0 spiro atoms. The average molecular weight is 458 g/mol. The molecule has 2 aromatic heterocycles. The van der Waals surface area contributed by atoms with E-state index in [1.54, 1.807) is 12.1 Å². The topological polar surface area (TPSA) is 103 Å². The third-order valence-electron chi connectivity index (χ3n) is 6.38. The first kappa shape index (κ1) is 21.9. The van der Waals surface area contributed by atoms with Crippen molar-refractivity contribution in [2.75, 3.05) is 38.2 Å². The van der Waals surface area contributed by atoms with Gasteiger partial charge in [-0.25, -0.2) is 9.78 Å². The van der Waals surface area contributed by atoms with Crippen molar-refractivity contribution in [1.82, 2.24) is 20.5 Å². The number of methoxy groups -OCH3 is 1. The number of aromatic amines is 1. The van der Waals surface area contributed by atoms with Crippen molar-refractivity contribution in [3.8, 4) is 28.1 Å². The number of fused-ring (bicyclic) bond motifs is 1. The Bertz CT molecular complexity index is 1370. The fourth-order valence-corrected chi connectivity index (χ4v) is 4.56. The lowest BCUT2D eigenvalue weighted by molar-refractivity contribution is 0.0602. The number of aromatic nitrogens is 3. The summed E-state index contributed by atoms with van der Waals surface area (Å²) in [5.41, 5.74) is 6.34. The van der Waals surface area contributed by atoms with E-state index in [0.717, 1.165) is 54.1 Å². The van der Waals surface area contributed by atoms with Crippen LogP contribution >= 0.6 is 0 Å². The molecule has 174 valence electrons. The maximum atomic E-state index is 13.2. The number of nitrogens with zero attached hydrogens (tertiary/aromatic N) is 3. The normalized spacial score (nSPS) is 13.9. The van der Waals surface area contributed by atoms with Crippen LogP contribution in [0.3, 0.4) is 0 Å². The molecule has 3 heterocycles. The molecule has 3 N–H and O–H groups in total. The van der Waals surface area contributed by atoms with Gasteiger partial charge in [-0.15, -0.1) is 0 Å². The summed E-state index contributed by atoms with van der Waals surface area (Å²) in [7, 11) is 1.37. The van der Waals surface area contributed by atoms with E-state index in [9.17, 15) is 9.90 Å². The number of carbonyl (C=O) groups excluding carboxylic acids is 1. The Labute approximate surface area is 197 Å². The molecule has 0 unspecified atom stereocenters. The number of aromatic hydroxyl groups is 1. The Balaban J connectivity index is 1.75. The van der Waals surface area contributed by atoms with Gasteiger partial charge in [0.15, 0.2) is 5.65 Å². The number of phenolic OH excluding ortho intramolecular Hbond substituents is 1. The number of nitrogens with one attached hydrogen (secondary N) is 2. The second-order valence-electron chi connectivity index (χ2n) is 8.53. The minimum atomic E-state index is -0.475. The highest BCUT2D eigenvalue weighted by Gasteiger charge is 2.26. The average Bonchev–Trinajstić information content (AvgIpc) is 3.25. The van der Waals surface area contributed by atoms with Crippen molar-refractivity contribution in [1.29, 1.82) is 0 Å². The van der Waals surface area contributed by atoms with E-state index in [1.807, 2.05) is 32.0 Å². The summed E-state index contributed by atoms with van der Waals surface area (Å²) in [5, 5.41) is 21.6. The van der Waals surface area contributed by atoms with Crippen LogP contribution in [0.5, 0.6) is 5.75 Å². The molecule has 4 aromatic rings. The van der Waals surface area contributed by atoms with Gasteiger partial charge in [0.05, 0.1) is 23.8 Å². The van der Waals surface area contributed by atoms with Gasteiger partial charge in [-0.2, -0.15) is 5.10 Å². The van der Waals surface area contributed by atoms with Crippen LogP contribution in [-0.2, 0) is 4.74 Å². The van der Waals surface area contributed by atoms with Crippen molar-refractivity contribution < 1.29 is 14.6 Å². The number of H-pyrrole nitrogens is 1. The molecule has 2 aromatic carbocycles. The summed E-state index contributed by atoms with van der Waals surface area (Å²) >= 11 is 0. The lowest BCUT2D eigenvalue weighted by Gasteiger charge is -2.29. The summed E-state index contributed by atoms with van der Waals surface area (Å²) in [4.78, 5) is 20.3. The number of rotatable bonds is 4. The van der Waals surface area contributed by atoms with Gasteiger partial charge in [-0.05, 0) is 55.3 Å². The minimum Gasteiger partial charge on any atom is -0.508 e. The molecule has 1 aliphatic rings. The zero-order valence-corrected chi connectivity index (χ0v) is 19.5. The van der Waals surface area contributed by atoms with Crippen molar-refractivity contribution in [2.45, 2.75) is 13.8 Å². The van der Waals surface area contributed by atoms with E-state index in [-0.39, 0.29) is 5.75 Å². The molecule has 0 bridgehead atoms. The van der Waals surface area contributed by atoms with Gasteiger partial charge in [0, 0.05) is 48.7 Å². The van der Waals surface area contributed by atoms with Crippen molar-refractivity contribution >= 4 is 22.7 Å². The fourth-order valence-electron chi connectivity index (χ4n) is 4.56. The van der Waals surface area contributed by atoms with Gasteiger partial charge in [0.2, 0.25) is 0 Å². The van der Waals surface area contributed by atoms with Crippen molar-refractivity contribution in [3.63, 3.8) is 0 Å². The van der Waals surface area contributed by atoms with Gasteiger partial charge < -0.3 is 20.1 Å². The van der Waals surface area contributed by atoms with Gasteiger partial charge in [-0.1, -0.05) is 12.1 Å². The predicted octanol–water partition coefficient (Wildman–Crippen LogP) is 3.81. The Morgan fingerprint density at radius 1 is 1.06 bits per heavy atom.